The van der Waals surface area contributed by atoms with Crippen LogP contribution in [0.25, 0.3) is 11.3 Å². The second kappa shape index (κ2) is 7.93. The molecular weight excluding hydrogens is 453 g/mol. The molecule has 0 radical (unpaired) electrons. The summed E-state index contributed by atoms with van der Waals surface area (Å²) >= 11 is 0. The first-order chi connectivity index (χ1) is 16.6. The van der Waals surface area contributed by atoms with Gasteiger partial charge in [-0.1, -0.05) is 6.92 Å². The molecule has 2 aliphatic heterocycles. The first-order valence-electron chi connectivity index (χ1n) is 13.0. The number of alkyl halides is 3. The van der Waals surface area contributed by atoms with Crippen LogP contribution in [0.4, 0.5) is 19.0 Å². The van der Waals surface area contributed by atoms with E-state index in [0.29, 0.717) is 29.1 Å². The number of hydrogen-bond donors (Lipinski definition) is 1. The Balaban J connectivity index is 1.23. The van der Waals surface area contributed by atoms with Gasteiger partial charge in [0.1, 0.15) is 5.82 Å². The lowest BCUT2D eigenvalue weighted by atomic mass is 9.95. The van der Waals surface area contributed by atoms with Crippen LogP contribution in [0.3, 0.4) is 0 Å². The number of aromatic nitrogens is 3. The van der Waals surface area contributed by atoms with Crippen molar-refractivity contribution in [2.75, 3.05) is 31.9 Å². The van der Waals surface area contributed by atoms with Gasteiger partial charge in [-0.15, -0.1) is 0 Å². The van der Waals surface area contributed by atoms with Gasteiger partial charge in [0.25, 0.3) is 0 Å². The first kappa shape index (κ1) is 23.3. The number of rotatable bonds is 4. The Morgan fingerprint density at radius 2 is 1.89 bits per heavy atom. The maximum atomic E-state index is 13.4. The molecule has 6 nitrogen and oxygen atoms in total. The predicted molar refractivity (Wildman–Crippen MR) is 129 cm³/mol. The van der Waals surface area contributed by atoms with Gasteiger partial charge in [-0.25, -0.2) is 4.98 Å². The summed E-state index contributed by atoms with van der Waals surface area (Å²) < 4.78 is 42.2. The molecule has 5 atom stereocenters. The van der Waals surface area contributed by atoms with Crippen molar-refractivity contribution < 1.29 is 13.2 Å². The van der Waals surface area contributed by atoms with Crippen molar-refractivity contribution >= 4 is 5.82 Å². The predicted octanol–water partition coefficient (Wildman–Crippen LogP) is 4.79. The summed E-state index contributed by atoms with van der Waals surface area (Å²) in [4.78, 5) is 9.22. The number of pyridine rings is 1. The van der Waals surface area contributed by atoms with Crippen molar-refractivity contribution in [2.45, 2.75) is 76.7 Å². The molecular formula is C26H35F3N6. The van der Waals surface area contributed by atoms with E-state index in [4.69, 9.17) is 10.8 Å². The summed E-state index contributed by atoms with van der Waals surface area (Å²) in [5, 5.41) is 4.75. The Morgan fingerprint density at radius 3 is 2.57 bits per heavy atom. The van der Waals surface area contributed by atoms with Crippen LogP contribution in [0.15, 0.2) is 18.3 Å². The minimum absolute atomic E-state index is 0.124. The Labute approximate surface area is 204 Å². The number of halogens is 3. The lowest BCUT2D eigenvalue weighted by Crippen LogP contribution is -2.53. The minimum atomic E-state index is -4.55. The summed E-state index contributed by atoms with van der Waals surface area (Å²) in [6.45, 7) is 11.4. The largest absolute Gasteiger partial charge is 0.419 e. The van der Waals surface area contributed by atoms with E-state index in [9.17, 15) is 13.2 Å². The Hall–Kier alpha value is -2.13. The highest BCUT2D eigenvalue weighted by atomic mass is 19.4. The molecule has 0 aromatic carbocycles. The number of hydrogen-bond acceptors (Lipinski definition) is 5. The molecule has 2 aromatic rings. The number of fused-ring (bicyclic) bond motifs is 2. The Kier molecular flexibility index (Phi) is 5.28. The number of nitrogen functional groups attached to an aromatic ring is 1. The molecule has 2 N–H and O–H groups in total. The standard InChI is InChI=1S/C26H35F3N6/c1-15(2)35-22(11-21(32-35)16-9-20(26(27,28)29)24(30)31-13-16)23-19-10-18(12-25(19,23)3)34-8-7-33-6-4-5-17(33)14-34/h9,11,13,15,17-19,23H,4-8,10,12,14H2,1-3H3,(H2,30,31). The van der Waals surface area contributed by atoms with Crippen molar-refractivity contribution in [3.63, 3.8) is 0 Å². The molecule has 5 unspecified atom stereocenters. The third kappa shape index (κ3) is 3.77. The maximum Gasteiger partial charge on any atom is 0.419 e. The normalized spacial score (nSPS) is 33.3. The first-order valence-corrected chi connectivity index (χ1v) is 13.0. The van der Waals surface area contributed by atoms with Gasteiger partial charge in [0, 0.05) is 61.1 Å². The van der Waals surface area contributed by atoms with Gasteiger partial charge in [0.15, 0.2) is 0 Å². The molecule has 0 bridgehead atoms. The van der Waals surface area contributed by atoms with Crippen LogP contribution in [0.1, 0.15) is 69.7 Å². The number of piperazine rings is 1. The molecule has 190 valence electrons. The fraction of sp³-hybridized carbons (Fsp3) is 0.692. The van der Waals surface area contributed by atoms with E-state index in [0.717, 1.165) is 17.8 Å². The Bertz CT molecular complexity index is 1130. The quantitative estimate of drug-likeness (QED) is 0.671. The van der Waals surface area contributed by atoms with Crippen LogP contribution in [0.2, 0.25) is 0 Å². The third-order valence-corrected chi connectivity index (χ3v) is 9.28. The van der Waals surface area contributed by atoms with E-state index in [1.165, 1.54) is 58.1 Å². The van der Waals surface area contributed by atoms with E-state index in [1.807, 2.05) is 10.7 Å². The van der Waals surface area contributed by atoms with Gasteiger partial charge in [0.2, 0.25) is 0 Å². The summed E-state index contributed by atoms with van der Waals surface area (Å²) in [5.41, 5.74) is 6.88. The lowest BCUT2D eigenvalue weighted by Gasteiger charge is -2.41. The molecule has 2 aromatic heterocycles. The maximum absolute atomic E-state index is 13.4. The number of nitrogens with two attached hydrogens (primary N) is 1. The van der Waals surface area contributed by atoms with Crippen molar-refractivity contribution in [1.29, 1.82) is 0 Å². The second-order valence-electron chi connectivity index (χ2n) is 11.7. The van der Waals surface area contributed by atoms with Gasteiger partial charge in [-0.2, -0.15) is 18.3 Å². The molecule has 0 amide bonds. The monoisotopic (exact) mass is 488 g/mol. The Morgan fingerprint density at radius 1 is 1.11 bits per heavy atom. The number of nitrogens with zero attached hydrogens (tertiary/aromatic N) is 5. The molecule has 2 saturated carbocycles. The van der Waals surface area contributed by atoms with Crippen LogP contribution in [-0.2, 0) is 6.18 Å². The smallest absolute Gasteiger partial charge is 0.383 e. The van der Waals surface area contributed by atoms with Crippen molar-refractivity contribution in [3.8, 4) is 11.3 Å². The van der Waals surface area contributed by atoms with E-state index >= 15 is 0 Å². The SMILES string of the molecule is CC(C)n1nc(-c2cnc(N)c(C(F)(F)F)c2)cc1C1C2CC(N3CCN4CCCC4C3)CC21C. The van der Waals surface area contributed by atoms with Crippen LogP contribution in [-0.4, -0.2) is 62.8 Å². The van der Waals surface area contributed by atoms with Gasteiger partial charge >= 0.3 is 6.18 Å². The van der Waals surface area contributed by atoms with E-state index in [-0.39, 0.29) is 11.5 Å². The summed E-state index contributed by atoms with van der Waals surface area (Å²) in [7, 11) is 0. The molecule has 4 heterocycles. The topological polar surface area (TPSA) is 63.2 Å². The molecule has 6 rings (SSSR count). The zero-order valence-corrected chi connectivity index (χ0v) is 20.7. The minimum Gasteiger partial charge on any atom is -0.383 e. The van der Waals surface area contributed by atoms with Crippen LogP contribution >= 0.6 is 0 Å². The zero-order chi connectivity index (χ0) is 24.7. The van der Waals surface area contributed by atoms with Gasteiger partial charge in [-0.3, -0.25) is 14.5 Å². The van der Waals surface area contributed by atoms with Gasteiger partial charge in [0.05, 0.1) is 11.3 Å². The second-order valence-corrected chi connectivity index (χ2v) is 11.7. The molecule has 9 heteroatoms. The number of anilines is 1. The van der Waals surface area contributed by atoms with Gasteiger partial charge in [-0.05, 0) is 69.5 Å². The van der Waals surface area contributed by atoms with Crippen molar-refractivity contribution in [3.05, 3.63) is 29.6 Å². The highest BCUT2D eigenvalue weighted by Crippen LogP contribution is 2.73. The van der Waals surface area contributed by atoms with E-state index in [2.05, 4.69) is 35.6 Å². The fourth-order valence-electron chi connectivity index (χ4n) is 7.44. The van der Waals surface area contributed by atoms with Crippen molar-refractivity contribution in [2.24, 2.45) is 11.3 Å². The third-order valence-electron chi connectivity index (χ3n) is 9.28. The average molecular weight is 489 g/mol. The highest BCUT2D eigenvalue weighted by Gasteiger charge is 2.68. The zero-order valence-electron chi connectivity index (χ0n) is 20.7. The van der Waals surface area contributed by atoms with Crippen LogP contribution < -0.4 is 5.73 Å². The van der Waals surface area contributed by atoms with Gasteiger partial charge < -0.3 is 5.73 Å². The molecule has 4 fully saturated rings. The summed E-state index contributed by atoms with van der Waals surface area (Å²) in [6, 6.07) is 4.58. The summed E-state index contributed by atoms with van der Waals surface area (Å²) in [5.74, 6) is 0.504. The lowest BCUT2D eigenvalue weighted by molar-refractivity contribution is -0.137. The molecule has 35 heavy (non-hydrogen) atoms. The molecule has 2 saturated heterocycles. The van der Waals surface area contributed by atoms with Crippen LogP contribution in [0.5, 0.6) is 0 Å². The highest BCUT2D eigenvalue weighted by molar-refractivity contribution is 5.63. The molecule has 2 aliphatic carbocycles. The van der Waals surface area contributed by atoms with E-state index in [1.54, 1.807) is 0 Å². The molecule has 4 aliphatic rings. The summed E-state index contributed by atoms with van der Waals surface area (Å²) in [6.07, 6.45) is 1.91. The molecule has 0 spiro atoms. The van der Waals surface area contributed by atoms with Crippen molar-refractivity contribution in [1.82, 2.24) is 24.6 Å². The average Bonchev–Trinajstić information content (AvgIpc) is 3.29. The van der Waals surface area contributed by atoms with E-state index < -0.39 is 17.6 Å². The van der Waals surface area contributed by atoms with Crippen LogP contribution in [0, 0.1) is 11.3 Å². The fourth-order valence-corrected chi connectivity index (χ4v) is 7.44.